The third kappa shape index (κ3) is 3.62. The highest BCUT2D eigenvalue weighted by Crippen LogP contribution is 2.33. The average Bonchev–Trinajstić information content (AvgIpc) is 3.36. The van der Waals surface area contributed by atoms with E-state index in [1.165, 1.54) is 12.8 Å². The van der Waals surface area contributed by atoms with Crippen LogP contribution in [-0.4, -0.2) is 47.9 Å². The minimum absolute atomic E-state index is 0.0155. The molecular formula is C19H26N4O2. The van der Waals surface area contributed by atoms with Crippen LogP contribution in [0.25, 0.3) is 0 Å². The number of nitrogens with one attached hydrogen (secondary N) is 1. The molecule has 3 fully saturated rings. The Morgan fingerprint density at radius 2 is 1.84 bits per heavy atom. The molecule has 1 N–H and O–H groups in total. The van der Waals surface area contributed by atoms with Crippen LogP contribution in [0.4, 0.5) is 11.5 Å². The number of pyridine rings is 1. The number of amides is 2. The van der Waals surface area contributed by atoms with E-state index in [1.54, 1.807) is 6.20 Å². The number of nitrogens with zero attached hydrogens (tertiary/aromatic N) is 3. The molecule has 4 rings (SSSR count). The maximum absolute atomic E-state index is 12.8. The van der Waals surface area contributed by atoms with Crippen molar-refractivity contribution in [3.63, 3.8) is 0 Å². The van der Waals surface area contributed by atoms with Gasteiger partial charge in [0.1, 0.15) is 0 Å². The average molecular weight is 342 g/mol. The lowest BCUT2D eigenvalue weighted by molar-refractivity contribution is -0.135. The molecule has 1 saturated carbocycles. The van der Waals surface area contributed by atoms with Crippen molar-refractivity contribution in [1.29, 1.82) is 0 Å². The second-order valence-electron chi connectivity index (χ2n) is 7.46. The number of aromatic nitrogens is 1. The lowest BCUT2D eigenvalue weighted by atomic mass is 9.96. The van der Waals surface area contributed by atoms with Crippen LogP contribution in [-0.2, 0) is 9.59 Å². The van der Waals surface area contributed by atoms with Crippen LogP contribution in [0.5, 0.6) is 0 Å². The van der Waals surface area contributed by atoms with Gasteiger partial charge in [0, 0.05) is 38.3 Å². The van der Waals surface area contributed by atoms with Crippen LogP contribution in [0.3, 0.4) is 0 Å². The van der Waals surface area contributed by atoms with Gasteiger partial charge in [0.2, 0.25) is 11.8 Å². The van der Waals surface area contributed by atoms with Gasteiger partial charge in [-0.15, -0.1) is 0 Å². The van der Waals surface area contributed by atoms with E-state index in [0.717, 1.165) is 56.8 Å². The van der Waals surface area contributed by atoms with Gasteiger partial charge >= 0.3 is 0 Å². The van der Waals surface area contributed by atoms with Crippen molar-refractivity contribution in [1.82, 2.24) is 9.88 Å². The van der Waals surface area contributed by atoms with Crippen LogP contribution >= 0.6 is 0 Å². The molecule has 3 aliphatic rings. The molecule has 1 atom stereocenters. The zero-order valence-corrected chi connectivity index (χ0v) is 14.6. The van der Waals surface area contributed by atoms with Gasteiger partial charge in [0.25, 0.3) is 0 Å². The molecule has 2 amide bonds. The maximum atomic E-state index is 12.8. The van der Waals surface area contributed by atoms with Crippen molar-refractivity contribution < 1.29 is 9.59 Å². The summed E-state index contributed by atoms with van der Waals surface area (Å²) in [7, 11) is 0. The summed E-state index contributed by atoms with van der Waals surface area (Å²) in [4.78, 5) is 33.7. The number of carbonyl (C=O) groups is 2. The van der Waals surface area contributed by atoms with E-state index in [2.05, 4.69) is 15.2 Å². The molecule has 0 unspecified atom stereocenters. The van der Waals surface area contributed by atoms with Gasteiger partial charge in [0.05, 0.1) is 11.6 Å². The normalized spacial score (nSPS) is 23.6. The number of anilines is 2. The highest BCUT2D eigenvalue weighted by Gasteiger charge is 2.36. The minimum Gasteiger partial charge on any atom is -0.355 e. The van der Waals surface area contributed by atoms with E-state index in [0.29, 0.717) is 6.54 Å². The standard InChI is InChI=1S/C19H26N4O2/c24-18(15-5-4-12-23(13-15)19(25)14-7-8-14)21-16-6-3-9-20-17(16)22-10-1-2-11-22/h3,6,9,14-15H,1-2,4-5,7-8,10-13H2,(H,21,24)/t15-/m0/s1. The van der Waals surface area contributed by atoms with Gasteiger partial charge in [-0.3, -0.25) is 9.59 Å². The maximum Gasteiger partial charge on any atom is 0.229 e. The van der Waals surface area contributed by atoms with Gasteiger partial charge in [0.15, 0.2) is 5.82 Å². The molecule has 6 heteroatoms. The molecule has 134 valence electrons. The van der Waals surface area contributed by atoms with Crippen molar-refractivity contribution in [2.24, 2.45) is 11.8 Å². The first-order valence-corrected chi connectivity index (χ1v) is 9.52. The molecule has 0 spiro atoms. The lowest BCUT2D eigenvalue weighted by Crippen LogP contribution is -2.44. The number of rotatable bonds is 4. The van der Waals surface area contributed by atoms with Crippen molar-refractivity contribution in [3.05, 3.63) is 18.3 Å². The molecule has 6 nitrogen and oxygen atoms in total. The summed E-state index contributed by atoms with van der Waals surface area (Å²) in [6, 6.07) is 3.79. The van der Waals surface area contributed by atoms with Gasteiger partial charge in [-0.2, -0.15) is 0 Å². The summed E-state index contributed by atoms with van der Waals surface area (Å²) in [5, 5.41) is 3.08. The molecule has 2 aliphatic heterocycles. The summed E-state index contributed by atoms with van der Waals surface area (Å²) in [6.45, 7) is 3.34. The largest absolute Gasteiger partial charge is 0.355 e. The molecule has 1 aliphatic carbocycles. The minimum atomic E-state index is -0.122. The fourth-order valence-corrected chi connectivity index (χ4v) is 3.89. The zero-order valence-electron chi connectivity index (χ0n) is 14.6. The molecule has 3 heterocycles. The molecule has 25 heavy (non-hydrogen) atoms. The third-order valence-electron chi connectivity index (χ3n) is 5.48. The van der Waals surface area contributed by atoms with E-state index in [4.69, 9.17) is 0 Å². The Labute approximate surface area is 148 Å². The van der Waals surface area contributed by atoms with Crippen molar-refractivity contribution in [3.8, 4) is 0 Å². The van der Waals surface area contributed by atoms with E-state index < -0.39 is 0 Å². The fraction of sp³-hybridized carbons (Fsp3) is 0.632. The first-order chi connectivity index (χ1) is 12.2. The second kappa shape index (κ2) is 7.02. The third-order valence-corrected chi connectivity index (χ3v) is 5.48. The Balaban J connectivity index is 1.42. The molecule has 0 aromatic carbocycles. The molecule has 1 aromatic heterocycles. The zero-order chi connectivity index (χ0) is 17.2. The van der Waals surface area contributed by atoms with E-state index in [1.807, 2.05) is 17.0 Å². The Bertz CT molecular complexity index is 653. The number of hydrogen-bond acceptors (Lipinski definition) is 4. The van der Waals surface area contributed by atoms with Crippen LogP contribution in [0.15, 0.2) is 18.3 Å². The number of hydrogen-bond donors (Lipinski definition) is 1. The molecule has 0 bridgehead atoms. The van der Waals surface area contributed by atoms with Crippen molar-refractivity contribution in [2.75, 3.05) is 36.4 Å². The summed E-state index contributed by atoms with van der Waals surface area (Å²) in [6.07, 6.45) is 7.90. The Morgan fingerprint density at radius 3 is 2.60 bits per heavy atom. The molecular weight excluding hydrogens is 316 g/mol. The summed E-state index contributed by atoms with van der Waals surface area (Å²) >= 11 is 0. The van der Waals surface area contributed by atoms with Gasteiger partial charge in [-0.25, -0.2) is 4.98 Å². The topological polar surface area (TPSA) is 65.5 Å². The van der Waals surface area contributed by atoms with E-state index in [-0.39, 0.29) is 23.7 Å². The molecule has 1 aromatic rings. The number of carbonyl (C=O) groups excluding carboxylic acids is 2. The summed E-state index contributed by atoms with van der Waals surface area (Å²) in [5.41, 5.74) is 0.792. The first kappa shape index (κ1) is 16.4. The quantitative estimate of drug-likeness (QED) is 0.912. The Morgan fingerprint density at radius 1 is 1.04 bits per heavy atom. The summed E-state index contributed by atoms with van der Waals surface area (Å²) < 4.78 is 0. The SMILES string of the molecule is O=C(Nc1cccnc1N1CCCC1)[C@H]1CCCN(C(=O)C2CC2)C1. The van der Waals surface area contributed by atoms with E-state index >= 15 is 0 Å². The van der Waals surface area contributed by atoms with Gasteiger partial charge < -0.3 is 15.1 Å². The Kier molecular flexibility index (Phi) is 4.59. The molecule has 2 saturated heterocycles. The highest BCUT2D eigenvalue weighted by atomic mass is 16.2. The summed E-state index contributed by atoms with van der Waals surface area (Å²) in [5.74, 6) is 1.23. The predicted octanol–water partition coefficient (Wildman–Crippen LogP) is 2.27. The van der Waals surface area contributed by atoms with Crippen LogP contribution in [0.1, 0.15) is 38.5 Å². The van der Waals surface area contributed by atoms with Crippen molar-refractivity contribution >= 4 is 23.3 Å². The number of piperidine rings is 1. The van der Waals surface area contributed by atoms with Gasteiger partial charge in [-0.1, -0.05) is 0 Å². The fourth-order valence-electron chi connectivity index (χ4n) is 3.89. The smallest absolute Gasteiger partial charge is 0.229 e. The van der Waals surface area contributed by atoms with Crippen LogP contribution < -0.4 is 10.2 Å². The highest BCUT2D eigenvalue weighted by molar-refractivity contribution is 5.95. The van der Waals surface area contributed by atoms with Gasteiger partial charge in [-0.05, 0) is 50.7 Å². The predicted molar refractivity (Wildman–Crippen MR) is 96.3 cm³/mol. The van der Waals surface area contributed by atoms with E-state index in [9.17, 15) is 9.59 Å². The lowest BCUT2D eigenvalue weighted by Gasteiger charge is -2.32. The Hall–Kier alpha value is -2.11. The van der Waals surface area contributed by atoms with Crippen molar-refractivity contribution in [2.45, 2.75) is 38.5 Å². The molecule has 0 radical (unpaired) electrons. The van der Waals surface area contributed by atoms with Crippen LogP contribution in [0, 0.1) is 11.8 Å². The van der Waals surface area contributed by atoms with Crippen LogP contribution in [0.2, 0.25) is 0 Å². The monoisotopic (exact) mass is 342 g/mol. The number of likely N-dealkylation sites (tertiary alicyclic amines) is 1. The first-order valence-electron chi connectivity index (χ1n) is 9.52. The second-order valence-corrected chi connectivity index (χ2v) is 7.46.